The van der Waals surface area contributed by atoms with Crippen molar-refractivity contribution in [1.29, 1.82) is 0 Å². The predicted molar refractivity (Wildman–Crippen MR) is 216 cm³/mol. The normalized spacial score (nSPS) is 21.3. The minimum Gasteiger partial charge on any atom is -0.454 e. The van der Waals surface area contributed by atoms with Crippen LogP contribution in [0.25, 0.3) is 0 Å². The third-order valence-corrected chi connectivity index (χ3v) is 13.9. The van der Waals surface area contributed by atoms with Crippen LogP contribution in [-0.2, 0) is 33.0 Å². The largest absolute Gasteiger partial charge is 0.454 e. The number of para-hydroxylation sites is 4. The van der Waals surface area contributed by atoms with Gasteiger partial charge < -0.3 is 29.2 Å². The number of carbonyl (C=O) groups is 3. The Labute approximate surface area is 327 Å². The summed E-state index contributed by atoms with van der Waals surface area (Å²) in [4.78, 5) is 60.0. The molecule has 0 radical (unpaired) electrons. The molecule has 3 heterocycles. The summed E-state index contributed by atoms with van der Waals surface area (Å²) >= 11 is 0. The number of amides is 3. The molecule has 0 bridgehead atoms. The molecule has 8 rings (SSSR count). The Morgan fingerprint density at radius 2 is 1.48 bits per heavy atom. The van der Waals surface area contributed by atoms with Crippen molar-refractivity contribution in [2.75, 3.05) is 23.0 Å². The highest BCUT2D eigenvalue weighted by molar-refractivity contribution is 6.71. The van der Waals surface area contributed by atoms with Gasteiger partial charge in [-0.2, -0.15) is 0 Å². The van der Waals surface area contributed by atoms with E-state index in [-0.39, 0.29) is 43.8 Å². The molecule has 0 saturated carbocycles. The Kier molecular flexibility index (Phi) is 9.88. The van der Waals surface area contributed by atoms with Gasteiger partial charge in [0.2, 0.25) is 5.91 Å². The van der Waals surface area contributed by atoms with Crippen LogP contribution in [0.2, 0.25) is 18.6 Å². The van der Waals surface area contributed by atoms with Crippen LogP contribution in [-0.4, -0.2) is 60.1 Å². The van der Waals surface area contributed by atoms with E-state index in [1.54, 1.807) is 26.8 Å². The summed E-state index contributed by atoms with van der Waals surface area (Å²) in [6.07, 6.45) is -0.781. The first kappa shape index (κ1) is 37.3. The fourth-order valence-electron chi connectivity index (χ4n) is 8.95. The molecule has 56 heavy (non-hydrogen) atoms. The van der Waals surface area contributed by atoms with Gasteiger partial charge in [-0.15, -0.1) is 0 Å². The van der Waals surface area contributed by atoms with Crippen LogP contribution in [0.3, 0.4) is 0 Å². The molecule has 10 nitrogen and oxygen atoms in total. The highest BCUT2D eigenvalue weighted by Gasteiger charge is 2.66. The van der Waals surface area contributed by atoms with Crippen LogP contribution >= 0.6 is 0 Å². The lowest BCUT2D eigenvalue weighted by Gasteiger charge is -2.32. The van der Waals surface area contributed by atoms with E-state index >= 15 is 4.79 Å². The van der Waals surface area contributed by atoms with E-state index in [9.17, 15) is 19.5 Å². The Bertz CT molecular complexity index is 2300. The highest BCUT2D eigenvalue weighted by Crippen LogP contribution is 2.60. The molecular weight excluding hydrogens is 723 g/mol. The summed E-state index contributed by atoms with van der Waals surface area (Å²) in [6, 6.07) is 39.4. The average molecular weight is 768 g/mol. The zero-order valence-electron chi connectivity index (χ0n) is 31.7. The molecule has 286 valence electrons. The van der Waals surface area contributed by atoms with Gasteiger partial charge in [-0.05, 0) is 66.7 Å². The summed E-state index contributed by atoms with van der Waals surface area (Å²) in [7, 11) is -3.04. The lowest BCUT2D eigenvalue weighted by Crippen LogP contribution is -2.46. The SMILES string of the molecule is C[C@H]1[C@H]([Si](C)(C)O)[C@@H](CC(=O)N(CCO)Cc2ccccc2)O[C@]12C(=O)N(Cc1cccc(N3C(=O)c4ccccc4Oc4ccccc43)c1)c1ccccc12. The number of fused-ring (bicyclic) bond motifs is 4. The zero-order chi connectivity index (χ0) is 39.2. The van der Waals surface area contributed by atoms with Gasteiger partial charge in [0.25, 0.3) is 11.8 Å². The summed E-state index contributed by atoms with van der Waals surface area (Å²) in [5.74, 6) is -0.143. The number of hydrogen-bond acceptors (Lipinski definition) is 7. The number of ether oxygens (including phenoxy) is 2. The molecule has 5 aromatic carbocycles. The van der Waals surface area contributed by atoms with Crippen molar-refractivity contribution in [3.63, 3.8) is 0 Å². The quantitative estimate of drug-likeness (QED) is 0.141. The Morgan fingerprint density at radius 1 is 0.821 bits per heavy atom. The zero-order valence-corrected chi connectivity index (χ0v) is 32.7. The van der Waals surface area contributed by atoms with Gasteiger partial charge in [-0.25, -0.2) is 0 Å². The molecule has 1 spiro atoms. The van der Waals surface area contributed by atoms with E-state index in [1.807, 2.05) is 135 Å². The average Bonchev–Trinajstić information content (AvgIpc) is 3.56. The second-order valence-electron chi connectivity index (χ2n) is 15.4. The Morgan fingerprint density at radius 3 is 2.23 bits per heavy atom. The highest BCUT2D eigenvalue weighted by atomic mass is 28.4. The Balaban J connectivity index is 1.12. The standard InChI is InChI=1S/C45H45N3O7Si/c1-30-42(56(2,3)53)40(27-41(50)46(24-25-49)28-31-14-5-4-6-15-31)55-45(30)35-19-8-9-20-36(35)47(44(45)52)29-32-16-13-17-33(26-32)48-37-21-10-12-23-39(37)54-38-22-11-7-18-34(38)43(48)51/h4-23,26,30,40,42,49,53H,24-25,27-29H2,1-3H3/t30-,40+,42-,45+/m0/s1. The van der Waals surface area contributed by atoms with E-state index in [1.165, 1.54) is 0 Å². The van der Waals surface area contributed by atoms with Crippen molar-refractivity contribution >= 4 is 43.1 Å². The molecule has 4 atom stereocenters. The maximum absolute atomic E-state index is 15.1. The summed E-state index contributed by atoms with van der Waals surface area (Å²) < 4.78 is 13.2. The third-order valence-electron chi connectivity index (χ3n) is 11.4. The van der Waals surface area contributed by atoms with Crippen LogP contribution in [0.5, 0.6) is 11.5 Å². The van der Waals surface area contributed by atoms with Gasteiger partial charge in [0.05, 0.1) is 42.6 Å². The minimum atomic E-state index is -3.04. The van der Waals surface area contributed by atoms with E-state index in [0.29, 0.717) is 46.2 Å². The van der Waals surface area contributed by atoms with Gasteiger partial charge in [-0.3, -0.25) is 19.3 Å². The number of aliphatic hydroxyl groups is 1. The lowest BCUT2D eigenvalue weighted by atomic mass is 9.82. The van der Waals surface area contributed by atoms with E-state index < -0.39 is 31.5 Å². The van der Waals surface area contributed by atoms with Crippen molar-refractivity contribution in [3.8, 4) is 11.5 Å². The molecule has 0 aliphatic carbocycles. The molecule has 1 fully saturated rings. The number of rotatable bonds is 10. The van der Waals surface area contributed by atoms with Crippen molar-refractivity contribution in [1.82, 2.24) is 4.90 Å². The van der Waals surface area contributed by atoms with E-state index in [4.69, 9.17) is 9.47 Å². The number of hydrogen-bond donors (Lipinski definition) is 2. The number of aliphatic hydroxyl groups excluding tert-OH is 1. The van der Waals surface area contributed by atoms with Crippen molar-refractivity contribution in [2.24, 2.45) is 5.92 Å². The number of nitrogens with zero attached hydrogens (tertiary/aromatic N) is 3. The van der Waals surface area contributed by atoms with Crippen LogP contribution in [0.4, 0.5) is 17.1 Å². The molecule has 0 aromatic heterocycles. The molecule has 2 N–H and O–H groups in total. The maximum atomic E-state index is 15.1. The topological polar surface area (TPSA) is 120 Å². The fourth-order valence-corrected chi connectivity index (χ4v) is 11.5. The molecular formula is C45H45N3O7Si. The van der Waals surface area contributed by atoms with Gasteiger partial charge in [0.1, 0.15) is 5.75 Å². The van der Waals surface area contributed by atoms with Gasteiger partial charge >= 0.3 is 0 Å². The lowest BCUT2D eigenvalue weighted by molar-refractivity contribution is -0.150. The molecule has 11 heteroatoms. The van der Waals surface area contributed by atoms with E-state index in [0.717, 1.165) is 11.1 Å². The van der Waals surface area contributed by atoms with Crippen molar-refractivity contribution < 1.29 is 33.8 Å². The monoisotopic (exact) mass is 767 g/mol. The third kappa shape index (κ3) is 6.50. The first-order valence-corrected chi connectivity index (χ1v) is 22.1. The number of carbonyl (C=O) groups excluding carboxylic acids is 3. The minimum absolute atomic E-state index is 0.0454. The van der Waals surface area contributed by atoms with Crippen LogP contribution < -0.4 is 14.5 Å². The van der Waals surface area contributed by atoms with Crippen LogP contribution in [0.15, 0.2) is 127 Å². The first-order valence-electron chi connectivity index (χ1n) is 19.0. The van der Waals surface area contributed by atoms with Gasteiger partial charge in [-0.1, -0.05) is 91.9 Å². The summed E-state index contributed by atoms with van der Waals surface area (Å²) in [5, 5.41) is 9.88. The molecule has 3 aliphatic heterocycles. The Hall–Kier alpha value is -5.59. The smallest absolute Gasteiger partial charge is 0.266 e. The molecule has 1 saturated heterocycles. The molecule has 0 unspecified atom stereocenters. The summed E-state index contributed by atoms with van der Waals surface area (Å²) in [6.45, 7) is 6.09. The number of anilines is 3. The van der Waals surface area contributed by atoms with Gasteiger partial charge in [0.15, 0.2) is 19.7 Å². The van der Waals surface area contributed by atoms with Crippen LogP contribution in [0.1, 0.15) is 40.4 Å². The number of benzene rings is 5. The van der Waals surface area contributed by atoms with Crippen LogP contribution in [0, 0.1) is 5.92 Å². The fraction of sp³-hybridized carbons (Fsp3) is 0.267. The molecule has 3 amide bonds. The second kappa shape index (κ2) is 14.8. The molecule has 5 aromatic rings. The predicted octanol–water partition coefficient (Wildman–Crippen LogP) is 7.53. The van der Waals surface area contributed by atoms with Crippen molar-refractivity contribution in [3.05, 3.63) is 150 Å². The molecule has 3 aliphatic rings. The van der Waals surface area contributed by atoms with Gasteiger partial charge in [0, 0.05) is 35.8 Å². The summed E-state index contributed by atoms with van der Waals surface area (Å²) in [5.41, 5.74) is 2.90. The second-order valence-corrected chi connectivity index (χ2v) is 19.3. The van der Waals surface area contributed by atoms with Crippen molar-refractivity contribution in [2.45, 2.75) is 56.8 Å². The van der Waals surface area contributed by atoms with E-state index in [2.05, 4.69) is 0 Å². The maximum Gasteiger partial charge on any atom is 0.266 e. The first-order chi connectivity index (χ1) is 27.0.